The number of nitrogens with one attached hydrogen (secondary N) is 1. The van der Waals surface area contributed by atoms with Gasteiger partial charge in [-0.3, -0.25) is 4.79 Å². The van der Waals surface area contributed by atoms with Gasteiger partial charge in [0.1, 0.15) is 0 Å². The van der Waals surface area contributed by atoms with Crippen LogP contribution >= 0.6 is 0 Å². The maximum atomic E-state index is 13.0. The van der Waals surface area contributed by atoms with Gasteiger partial charge in [-0.15, -0.1) is 0 Å². The molecule has 0 saturated carbocycles. The molecule has 4 nitrogen and oxygen atoms in total. The van der Waals surface area contributed by atoms with Crippen molar-refractivity contribution in [3.8, 4) is 11.5 Å². The second-order valence-corrected chi connectivity index (χ2v) is 4.61. The van der Waals surface area contributed by atoms with Gasteiger partial charge in [-0.1, -0.05) is 6.92 Å². The van der Waals surface area contributed by atoms with Crippen molar-refractivity contribution < 1.29 is 36.2 Å². The van der Waals surface area contributed by atoms with Gasteiger partial charge in [0.2, 0.25) is 6.79 Å². The number of fused-ring (bicyclic) bond motifs is 1. The average molecular weight is 325 g/mol. The van der Waals surface area contributed by atoms with E-state index in [0.29, 0.717) is 5.75 Å². The van der Waals surface area contributed by atoms with E-state index in [1.165, 1.54) is 25.1 Å². The highest BCUT2D eigenvalue weighted by atomic mass is 19.4. The number of benzene rings is 1. The Balaban J connectivity index is 2.19. The number of Topliss-reactive ketones (excluding diaryl/α,β-unsaturated/α-hetero) is 1. The predicted molar refractivity (Wildman–Crippen MR) is 65.1 cm³/mol. The third-order valence-electron chi connectivity index (χ3n) is 3.09. The minimum Gasteiger partial charge on any atom is -0.454 e. The van der Waals surface area contributed by atoms with E-state index >= 15 is 0 Å². The molecule has 1 atom stereocenters. The molecule has 0 bridgehead atoms. The molecule has 2 rings (SSSR count). The molecule has 1 aliphatic heterocycles. The average Bonchev–Trinajstić information content (AvgIpc) is 2.90. The van der Waals surface area contributed by atoms with Crippen molar-refractivity contribution in [3.05, 3.63) is 23.8 Å². The number of carbonyl (C=O) groups excluding carboxylic acids is 1. The minimum atomic E-state index is -5.78. The number of rotatable bonds is 5. The Labute approximate surface area is 122 Å². The first-order valence-corrected chi connectivity index (χ1v) is 6.32. The first-order valence-electron chi connectivity index (χ1n) is 6.32. The maximum absolute atomic E-state index is 13.0. The molecule has 1 aromatic carbocycles. The summed E-state index contributed by atoms with van der Waals surface area (Å²) in [6.07, 6.45) is -6.02. The fourth-order valence-electron chi connectivity index (χ4n) is 1.90. The van der Waals surface area contributed by atoms with Crippen LogP contribution in [0.15, 0.2) is 18.2 Å². The first kappa shape index (κ1) is 16.5. The summed E-state index contributed by atoms with van der Waals surface area (Å²) in [5, 5.41) is 1.07. The summed E-state index contributed by atoms with van der Waals surface area (Å²) in [7, 11) is 0. The Hall–Kier alpha value is -1.90. The summed E-state index contributed by atoms with van der Waals surface area (Å²) in [6, 6.07) is -2.91. The van der Waals surface area contributed by atoms with Gasteiger partial charge in [0.05, 0.1) is 6.04 Å². The first-order chi connectivity index (χ1) is 10.2. The van der Waals surface area contributed by atoms with Gasteiger partial charge in [0.25, 0.3) is 0 Å². The molecule has 9 heteroatoms. The van der Waals surface area contributed by atoms with E-state index in [1.807, 2.05) is 0 Å². The largest absolute Gasteiger partial charge is 0.469 e. The summed E-state index contributed by atoms with van der Waals surface area (Å²) < 4.78 is 72.8. The van der Waals surface area contributed by atoms with Crippen molar-refractivity contribution in [2.24, 2.45) is 0 Å². The van der Waals surface area contributed by atoms with E-state index in [1.54, 1.807) is 0 Å². The number of ether oxygens (including phenoxy) is 2. The Morgan fingerprint density at radius 3 is 2.45 bits per heavy atom. The molecule has 1 heterocycles. The molecule has 0 spiro atoms. The number of alkyl halides is 5. The third-order valence-corrected chi connectivity index (χ3v) is 3.09. The van der Waals surface area contributed by atoms with Crippen molar-refractivity contribution in [2.45, 2.75) is 31.6 Å². The molecule has 1 unspecified atom stereocenters. The van der Waals surface area contributed by atoms with Crippen molar-refractivity contribution in [1.82, 2.24) is 5.32 Å². The van der Waals surface area contributed by atoms with E-state index in [-0.39, 0.29) is 24.5 Å². The third kappa shape index (κ3) is 3.13. The predicted octanol–water partition coefficient (Wildman–Crippen LogP) is 3.12. The zero-order valence-corrected chi connectivity index (χ0v) is 11.3. The lowest BCUT2D eigenvalue weighted by atomic mass is 10.0. The number of hydrogen-bond acceptors (Lipinski definition) is 4. The van der Waals surface area contributed by atoms with E-state index in [4.69, 9.17) is 9.47 Å². The van der Waals surface area contributed by atoms with E-state index in [0.717, 1.165) is 5.32 Å². The van der Waals surface area contributed by atoms with Crippen molar-refractivity contribution in [2.75, 3.05) is 6.79 Å². The van der Waals surface area contributed by atoms with Crippen molar-refractivity contribution in [3.63, 3.8) is 0 Å². The zero-order chi connectivity index (χ0) is 16.5. The van der Waals surface area contributed by atoms with Crippen LogP contribution in [0.1, 0.15) is 23.7 Å². The molecule has 22 heavy (non-hydrogen) atoms. The van der Waals surface area contributed by atoms with Gasteiger partial charge >= 0.3 is 12.2 Å². The van der Waals surface area contributed by atoms with Crippen molar-refractivity contribution >= 4 is 5.78 Å². The van der Waals surface area contributed by atoms with Gasteiger partial charge in [0, 0.05) is 5.56 Å². The van der Waals surface area contributed by atoms with Crippen LogP contribution < -0.4 is 14.8 Å². The maximum Gasteiger partial charge on any atom is 0.469 e. The quantitative estimate of drug-likeness (QED) is 0.513. The van der Waals surface area contributed by atoms with Crippen LogP contribution in [-0.2, 0) is 0 Å². The SMILES string of the molecule is CCC(NC(F)(F)C(F)(F)F)C(=O)c1ccc2c(c1)OCO2. The lowest BCUT2D eigenvalue weighted by Gasteiger charge is -2.25. The van der Waals surface area contributed by atoms with Crippen LogP contribution in [0.25, 0.3) is 0 Å². The highest BCUT2D eigenvalue weighted by Gasteiger charge is 2.58. The van der Waals surface area contributed by atoms with E-state index < -0.39 is 24.0 Å². The number of ketones is 1. The second-order valence-electron chi connectivity index (χ2n) is 4.61. The standard InChI is InChI=1S/C13H12F5NO3/c1-2-8(19-13(17,18)12(14,15)16)11(20)7-3-4-9-10(5-7)22-6-21-9/h3-5,8,19H,2,6H2,1H3. The van der Waals surface area contributed by atoms with Gasteiger partial charge in [-0.2, -0.15) is 22.0 Å². The summed E-state index contributed by atoms with van der Waals surface area (Å²) in [4.78, 5) is 12.1. The molecule has 0 radical (unpaired) electrons. The molecule has 0 fully saturated rings. The van der Waals surface area contributed by atoms with Crippen LogP contribution in [0, 0.1) is 0 Å². The molecule has 1 aliphatic rings. The normalized spacial score (nSPS) is 15.7. The monoisotopic (exact) mass is 325 g/mol. The Kier molecular flexibility index (Phi) is 4.28. The molecular formula is C13H12F5NO3. The molecule has 122 valence electrons. The summed E-state index contributed by atoms with van der Waals surface area (Å²) in [5.41, 5.74) is -0.0402. The summed E-state index contributed by atoms with van der Waals surface area (Å²) in [6.45, 7) is 1.28. The van der Waals surface area contributed by atoms with Crippen LogP contribution in [-0.4, -0.2) is 30.8 Å². The Bertz CT molecular complexity index is 573. The molecule has 1 aromatic rings. The highest BCUT2D eigenvalue weighted by molar-refractivity contribution is 6.00. The highest BCUT2D eigenvalue weighted by Crippen LogP contribution is 2.35. The smallest absolute Gasteiger partial charge is 0.454 e. The molecule has 0 aliphatic carbocycles. The molecule has 1 N–H and O–H groups in total. The topological polar surface area (TPSA) is 47.6 Å². The Morgan fingerprint density at radius 1 is 1.23 bits per heavy atom. The van der Waals surface area contributed by atoms with Crippen molar-refractivity contribution in [1.29, 1.82) is 0 Å². The van der Waals surface area contributed by atoms with Crippen LogP contribution in [0.3, 0.4) is 0 Å². The molecular weight excluding hydrogens is 313 g/mol. The molecule has 0 aromatic heterocycles. The van der Waals surface area contributed by atoms with Gasteiger partial charge in [-0.05, 0) is 24.6 Å². The minimum absolute atomic E-state index is 0.0402. The summed E-state index contributed by atoms with van der Waals surface area (Å²) >= 11 is 0. The van der Waals surface area contributed by atoms with Gasteiger partial charge < -0.3 is 9.47 Å². The van der Waals surface area contributed by atoms with E-state index in [2.05, 4.69) is 0 Å². The number of halogens is 5. The van der Waals surface area contributed by atoms with Gasteiger partial charge in [-0.25, -0.2) is 5.32 Å². The second kappa shape index (κ2) is 5.71. The fraction of sp³-hybridized carbons (Fsp3) is 0.462. The molecule has 0 saturated heterocycles. The zero-order valence-electron chi connectivity index (χ0n) is 11.3. The number of carbonyl (C=O) groups is 1. The van der Waals surface area contributed by atoms with E-state index in [9.17, 15) is 26.7 Å². The van der Waals surface area contributed by atoms with Crippen LogP contribution in [0.4, 0.5) is 22.0 Å². The van der Waals surface area contributed by atoms with Crippen LogP contribution in [0.2, 0.25) is 0 Å². The number of hydrogen-bond donors (Lipinski definition) is 1. The van der Waals surface area contributed by atoms with Gasteiger partial charge in [0.15, 0.2) is 17.3 Å². The lowest BCUT2D eigenvalue weighted by molar-refractivity contribution is -0.297. The lowest BCUT2D eigenvalue weighted by Crippen LogP contribution is -2.55. The van der Waals surface area contributed by atoms with Crippen LogP contribution in [0.5, 0.6) is 11.5 Å². The molecule has 0 amide bonds. The Morgan fingerprint density at radius 2 is 1.86 bits per heavy atom. The fourth-order valence-corrected chi connectivity index (χ4v) is 1.90. The summed E-state index contributed by atoms with van der Waals surface area (Å²) in [5.74, 6) is -0.272.